The van der Waals surface area contributed by atoms with Crippen molar-refractivity contribution in [3.05, 3.63) is 59.7 Å². The van der Waals surface area contributed by atoms with E-state index in [1.807, 2.05) is 48.5 Å². The predicted octanol–water partition coefficient (Wildman–Crippen LogP) is 2.40. The summed E-state index contributed by atoms with van der Waals surface area (Å²) >= 11 is 0. The number of guanidine groups is 1. The topological polar surface area (TPSA) is 93.6 Å². The van der Waals surface area contributed by atoms with E-state index in [1.165, 1.54) is 0 Å². The third-order valence-corrected chi connectivity index (χ3v) is 2.95. The molecule has 7 nitrogen and oxygen atoms in total. The normalized spacial score (nSPS) is 11.4. The van der Waals surface area contributed by atoms with Crippen LogP contribution >= 0.6 is 12.4 Å². The Hall–Kier alpha value is -3.06. The molecule has 2 aromatic carbocycles. The molecular formula is C17H20ClN5O2. The molecule has 2 rings (SSSR count). The van der Waals surface area contributed by atoms with Gasteiger partial charge in [0.05, 0.1) is 26.6 Å². The molecule has 0 fully saturated rings. The first kappa shape index (κ1) is 20.0. The van der Waals surface area contributed by atoms with E-state index in [0.717, 1.165) is 22.6 Å². The van der Waals surface area contributed by atoms with Crippen LogP contribution in [0.15, 0.2) is 63.8 Å². The predicted molar refractivity (Wildman–Crippen MR) is 103 cm³/mol. The summed E-state index contributed by atoms with van der Waals surface area (Å²) in [5.41, 5.74) is 9.99. The van der Waals surface area contributed by atoms with E-state index in [4.69, 9.17) is 15.2 Å². The molecule has 0 aliphatic rings. The van der Waals surface area contributed by atoms with Gasteiger partial charge in [0, 0.05) is 0 Å². The van der Waals surface area contributed by atoms with Crippen LogP contribution in [0.5, 0.6) is 11.5 Å². The lowest BCUT2D eigenvalue weighted by atomic mass is 10.2. The summed E-state index contributed by atoms with van der Waals surface area (Å²) < 4.78 is 10.3. The molecule has 0 amide bonds. The second-order valence-electron chi connectivity index (χ2n) is 4.65. The fourth-order valence-corrected chi connectivity index (χ4v) is 1.80. The van der Waals surface area contributed by atoms with Gasteiger partial charge in [0.1, 0.15) is 11.5 Å². The summed E-state index contributed by atoms with van der Waals surface area (Å²) in [6.45, 7) is 0. The molecule has 0 saturated heterocycles. The Balaban J connectivity index is 0.00000312. The molecule has 0 bridgehead atoms. The average molecular weight is 362 g/mol. The molecule has 0 spiro atoms. The van der Waals surface area contributed by atoms with Crippen molar-refractivity contribution in [1.82, 2.24) is 5.43 Å². The van der Waals surface area contributed by atoms with Crippen LogP contribution in [0.25, 0.3) is 0 Å². The lowest BCUT2D eigenvalue weighted by molar-refractivity contribution is 0.414. The molecular weight excluding hydrogens is 342 g/mol. The maximum Gasteiger partial charge on any atom is 0.234 e. The van der Waals surface area contributed by atoms with Crippen LogP contribution in [-0.2, 0) is 0 Å². The van der Waals surface area contributed by atoms with Crippen LogP contribution in [0.4, 0.5) is 0 Å². The molecule has 0 heterocycles. The van der Waals surface area contributed by atoms with Crippen molar-refractivity contribution in [2.75, 3.05) is 14.2 Å². The number of halogens is 1. The fourth-order valence-electron chi connectivity index (χ4n) is 1.80. The minimum absolute atomic E-state index is 0. The minimum Gasteiger partial charge on any atom is -0.497 e. The summed E-state index contributed by atoms with van der Waals surface area (Å²) in [5.74, 6) is 1.58. The molecule has 8 heteroatoms. The standard InChI is InChI=1S/C17H19N5O2.ClH/c1-23-15-7-3-5-13(9-15)11-19-21-17(18)22-20-12-14-6-4-8-16(10-14)24-2;/h3-12H,1-2H3,(H3,18,21,22);1H. The highest BCUT2D eigenvalue weighted by atomic mass is 35.5. The van der Waals surface area contributed by atoms with Gasteiger partial charge in [0.15, 0.2) is 0 Å². The van der Waals surface area contributed by atoms with E-state index < -0.39 is 0 Å². The van der Waals surface area contributed by atoms with Crippen molar-refractivity contribution < 1.29 is 9.47 Å². The Kier molecular flexibility index (Phi) is 8.53. The van der Waals surface area contributed by atoms with Gasteiger partial charge in [0.2, 0.25) is 5.96 Å². The Morgan fingerprint density at radius 1 is 0.960 bits per heavy atom. The van der Waals surface area contributed by atoms with E-state index in [1.54, 1.807) is 26.6 Å². The number of benzene rings is 2. The number of hydrogen-bond donors (Lipinski definition) is 2. The minimum atomic E-state index is 0. The van der Waals surface area contributed by atoms with Crippen molar-refractivity contribution >= 4 is 30.8 Å². The van der Waals surface area contributed by atoms with Crippen LogP contribution in [0, 0.1) is 0 Å². The van der Waals surface area contributed by atoms with Crippen LogP contribution in [0.2, 0.25) is 0 Å². The molecule has 2 aromatic rings. The maximum absolute atomic E-state index is 5.68. The number of hydrazone groups is 1. The van der Waals surface area contributed by atoms with Crippen LogP contribution in [0.1, 0.15) is 11.1 Å². The first-order valence-electron chi connectivity index (χ1n) is 7.15. The molecule has 25 heavy (non-hydrogen) atoms. The van der Waals surface area contributed by atoms with Gasteiger partial charge in [-0.15, -0.1) is 17.5 Å². The van der Waals surface area contributed by atoms with Crippen molar-refractivity contribution in [3.8, 4) is 11.5 Å². The van der Waals surface area contributed by atoms with Crippen molar-refractivity contribution in [2.24, 2.45) is 21.0 Å². The van der Waals surface area contributed by atoms with Gasteiger partial charge in [-0.25, -0.2) is 5.43 Å². The zero-order valence-corrected chi connectivity index (χ0v) is 14.7. The number of rotatable bonds is 6. The highest BCUT2D eigenvalue weighted by molar-refractivity contribution is 5.85. The quantitative estimate of drug-likeness (QED) is 0.469. The Labute approximate surface area is 152 Å². The monoisotopic (exact) mass is 361 g/mol. The Morgan fingerprint density at radius 3 is 2.08 bits per heavy atom. The van der Waals surface area contributed by atoms with E-state index in [9.17, 15) is 0 Å². The van der Waals surface area contributed by atoms with E-state index in [0.29, 0.717) is 0 Å². The number of nitrogens with zero attached hydrogens (tertiary/aromatic N) is 3. The SMILES string of the molecule is COc1cccc(C=NN=C(N)NN=Cc2cccc(OC)c2)c1.Cl. The highest BCUT2D eigenvalue weighted by Gasteiger charge is 1.93. The zero-order chi connectivity index (χ0) is 17.2. The third-order valence-electron chi connectivity index (χ3n) is 2.95. The van der Waals surface area contributed by atoms with Gasteiger partial charge in [0.25, 0.3) is 0 Å². The van der Waals surface area contributed by atoms with Gasteiger partial charge < -0.3 is 15.2 Å². The maximum atomic E-state index is 5.68. The van der Waals surface area contributed by atoms with Crippen LogP contribution in [-0.4, -0.2) is 32.6 Å². The summed E-state index contributed by atoms with van der Waals surface area (Å²) in [6, 6.07) is 14.9. The van der Waals surface area contributed by atoms with Crippen LogP contribution < -0.4 is 20.6 Å². The second-order valence-corrected chi connectivity index (χ2v) is 4.65. The van der Waals surface area contributed by atoms with Gasteiger partial charge in [-0.3, -0.25) is 0 Å². The van der Waals surface area contributed by atoms with Crippen molar-refractivity contribution in [1.29, 1.82) is 0 Å². The number of hydrogen-bond acceptors (Lipinski definition) is 5. The molecule has 0 aliphatic carbocycles. The van der Waals surface area contributed by atoms with E-state index in [2.05, 4.69) is 20.7 Å². The molecule has 0 unspecified atom stereocenters. The van der Waals surface area contributed by atoms with Gasteiger partial charge in [-0.2, -0.15) is 10.2 Å². The first-order valence-corrected chi connectivity index (χ1v) is 7.15. The second kappa shape index (κ2) is 10.7. The van der Waals surface area contributed by atoms with E-state index in [-0.39, 0.29) is 18.4 Å². The summed E-state index contributed by atoms with van der Waals surface area (Å²) in [5, 5.41) is 11.7. The zero-order valence-electron chi connectivity index (χ0n) is 13.9. The number of nitrogens with two attached hydrogens (primary N) is 1. The largest absolute Gasteiger partial charge is 0.497 e. The Morgan fingerprint density at radius 2 is 1.52 bits per heavy atom. The molecule has 0 aromatic heterocycles. The van der Waals surface area contributed by atoms with Gasteiger partial charge in [-0.1, -0.05) is 24.3 Å². The van der Waals surface area contributed by atoms with Crippen LogP contribution in [0.3, 0.4) is 0 Å². The Bertz CT molecular complexity index is 762. The number of ether oxygens (including phenoxy) is 2. The fraction of sp³-hybridized carbons (Fsp3) is 0.118. The lowest BCUT2D eigenvalue weighted by Crippen LogP contribution is -2.26. The van der Waals surface area contributed by atoms with Crippen molar-refractivity contribution in [2.45, 2.75) is 0 Å². The smallest absolute Gasteiger partial charge is 0.234 e. The third kappa shape index (κ3) is 6.92. The molecule has 0 saturated carbocycles. The first-order chi connectivity index (χ1) is 11.7. The molecule has 3 N–H and O–H groups in total. The molecule has 0 radical (unpaired) electrons. The van der Waals surface area contributed by atoms with Crippen molar-refractivity contribution in [3.63, 3.8) is 0 Å². The number of nitrogens with one attached hydrogen (secondary N) is 1. The number of methoxy groups -OCH3 is 2. The average Bonchev–Trinajstić information content (AvgIpc) is 2.62. The molecule has 132 valence electrons. The van der Waals surface area contributed by atoms with E-state index >= 15 is 0 Å². The van der Waals surface area contributed by atoms with Gasteiger partial charge in [-0.05, 0) is 35.4 Å². The lowest BCUT2D eigenvalue weighted by Gasteiger charge is -2.00. The highest BCUT2D eigenvalue weighted by Crippen LogP contribution is 2.11. The molecule has 0 aliphatic heterocycles. The summed E-state index contributed by atoms with van der Waals surface area (Å²) in [7, 11) is 3.22. The van der Waals surface area contributed by atoms with Gasteiger partial charge >= 0.3 is 0 Å². The molecule has 0 atom stereocenters. The summed E-state index contributed by atoms with van der Waals surface area (Å²) in [4.78, 5) is 0. The summed E-state index contributed by atoms with van der Waals surface area (Å²) in [6.07, 6.45) is 3.18.